The molecule has 0 saturated carbocycles. The predicted molar refractivity (Wildman–Crippen MR) is 282 cm³/mol. The molecule has 316 valence electrons. The zero-order chi connectivity index (χ0) is 40.6. The normalized spacial score (nSPS) is 11.3. The van der Waals surface area contributed by atoms with Gasteiger partial charge in [-0.05, 0) is 198 Å². The van der Waals surface area contributed by atoms with Gasteiger partial charge in [-0.15, -0.1) is 0 Å². The van der Waals surface area contributed by atoms with E-state index in [1.807, 2.05) is 0 Å². The molecule has 0 fully saturated rings. The molecule has 56 heavy (non-hydrogen) atoms. The Hall–Kier alpha value is 1.10. The minimum Gasteiger partial charge on any atom is -0.491 e. The summed E-state index contributed by atoms with van der Waals surface area (Å²) < 4.78 is 29.9. The molecular weight excluding hydrogens is 1390 g/mol. The molecule has 0 N–H and O–H groups in total. The lowest BCUT2D eigenvalue weighted by Crippen LogP contribution is -2.05. The highest BCUT2D eigenvalue weighted by molar-refractivity contribution is 14.1. The van der Waals surface area contributed by atoms with Crippen molar-refractivity contribution in [3.05, 3.63) is 57.8 Å². The van der Waals surface area contributed by atoms with Crippen LogP contribution in [0, 0.1) is 21.4 Å². The van der Waals surface area contributed by atoms with E-state index in [2.05, 4.69) is 160 Å². The van der Waals surface area contributed by atoms with Crippen LogP contribution in [0.15, 0.2) is 36.4 Å². The van der Waals surface area contributed by atoms with Gasteiger partial charge in [-0.25, -0.2) is 0 Å². The summed E-state index contributed by atoms with van der Waals surface area (Å²) in [5, 5.41) is 0. The standard InChI is InChI=1S/C44H62I6O6/c45-35-31-37(47)43(38(48)32-35)55-29-21-17-13-9-5-1-3-7-11-15-19-25-41(51)53-27-23-24-28-54-42(52)26-20-16-12-8-4-2-6-10-14-18-22-30-56-44-39(49)33-36(46)34-40(44)50/h23-24,31-34H,1-22,25-30H2/b24-23-. The van der Waals surface area contributed by atoms with E-state index in [9.17, 15) is 9.59 Å². The van der Waals surface area contributed by atoms with Gasteiger partial charge in [0.05, 0.1) is 27.5 Å². The highest BCUT2D eigenvalue weighted by atomic mass is 127. The summed E-state index contributed by atoms with van der Waals surface area (Å²) in [5.41, 5.74) is 0. The third kappa shape index (κ3) is 27.8. The molecule has 2 rings (SSSR count). The third-order valence-electron chi connectivity index (χ3n) is 9.32. The highest BCUT2D eigenvalue weighted by Crippen LogP contribution is 2.31. The summed E-state index contributed by atoms with van der Waals surface area (Å²) in [6.45, 7) is 2.06. The van der Waals surface area contributed by atoms with Crippen molar-refractivity contribution >= 4 is 147 Å². The predicted octanol–water partition coefficient (Wildman–Crippen LogP) is 15.8. The molecule has 0 aliphatic heterocycles. The van der Waals surface area contributed by atoms with Gasteiger partial charge in [0.2, 0.25) is 0 Å². The number of benzene rings is 2. The zero-order valence-electron chi connectivity index (χ0n) is 33.0. The van der Waals surface area contributed by atoms with Crippen molar-refractivity contribution in [3.63, 3.8) is 0 Å². The van der Waals surface area contributed by atoms with E-state index >= 15 is 0 Å². The molecule has 0 spiro atoms. The Balaban J connectivity index is 1.26. The molecule has 6 nitrogen and oxygen atoms in total. The SMILES string of the molecule is O=C(CCCCCCCCCCCCCOc1c(I)cc(I)cc1I)OC/C=C\COC(=O)CCCCCCCCCCCCCOc1c(I)cc(I)cc1I. The molecule has 2 aromatic carbocycles. The number of hydrogen-bond acceptors (Lipinski definition) is 6. The van der Waals surface area contributed by atoms with Crippen LogP contribution in [0.3, 0.4) is 0 Å². The lowest BCUT2D eigenvalue weighted by Gasteiger charge is -2.11. The summed E-state index contributed by atoms with van der Waals surface area (Å²) in [6, 6.07) is 8.65. The van der Waals surface area contributed by atoms with E-state index < -0.39 is 0 Å². The van der Waals surface area contributed by atoms with Crippen molar-refractivity contribution in [2.24, 2.45) is 0 Å². The first-order valence-electron chi connectivity index (χ1n) is 20.7. The molecule has 2 aromatic rings. The molecule has 0 bridgehead atoms. The molecule has 0 aliphatic carbocycles. The molecule has 0 aromatic heterocycles. The first-order valence-corrected chi connectivity index (χ1v) is 27.2. The number of unbranched alkanes of at least 4 members (excludes halogenated alkanes) is 20. The van der Waals surface area contributed by atoms with Crippen LogP contribution in [0.2, 0.25) is 0 Å². The number of carbonyl (C=O) groups is 2. The molecule has 0 unspecified atom stereocenters. The van der Waals surface area contributed by atoms with Crippen molar-refractivity contribution in [1.82, 2.24) is 0 Å². The van der Waals surface area contributed by atoms with Crippen molar-refractivity contribution in [2.75, 3.05) is 26.4 Å². The second-order valence-corrected chi connectivity index (χ2v) is 21.3. The monoisotopic (exact) mass is 1450 g/mol. The first kappa shape index (κ1) is 53.2. The van der Waals surface area contributed by atoms with Gasteiger partial charge in [-0.3, -0.25) is 9.59 Å². The molecule has 0 amide bonds. The summed E-state index contributed by atoms with van der Waals surface area (Å²) >= 11 is 14.1. The van der Waals surface area contributed by atoms with Crippen LogP contribution in [0.25, 0.3) is 0 Å². The highest BCUT2D eigenvalue weighted by Gasteiger charge is 2.09. The number of rotatable bonds is 34. The molecule has 12 heteroatoms. The van der Waals surface area contributed by atoms with Crippen LogP contribution in [-0.4, -0.2) is 38.4 Å². The minimum atomic E-state index is -0.153. The summed E-state index contributed by atoms with van der Waals surface area (Å²) in [6.07, 6.45) is 30.8. The smallest absolute Gasteiger partial charge is 0.306 e. The first-order chi connectivity index (χ1) is 27.2. The molecular formula is C44H62I6O6. The number of esters is 2. The largest absolute Gasteiger partial charge is 0.491 e. The Labute approximate surface area is 420 Å². The second kappa shape index (κ2) is 35.7. The Morgan fingerprint density at radius 1 is 0.393 bits per heavy atom. The fourth-order valence-corrected chi connectivity index (χ4v) is 14.0. The van der Waals surface area contributed by atoms with Crippen LogP contribution in [0.4, 0.5) is 0 Å². The Morgan fingerprint density at radius 2 is 0.643 bits per heavy atom. The zero-order valence-corrected chi connectivity index (χ0v) is 45.9. The van der Waals surface area contributed by atoms with Crippen molar-refractivity contribution in [3.8, 4) is 11.5 Å². The van der Waals surface area contributed by atoms with Gasteiger partial charge in [-0.2, -0.15) is 0 Å². The topological polar surface area (TPSA) is 71.1 Å². The molecule has 0 atom stereocenters. The van der Waals surface area contributed by atoms with E-state index in [-0.39, 0.29) is 25.2 Å². The van der Waals surface area contributed by atoms with Gasteiger partial charge in [0.25, 0.3) is 0 Å². The van der Waals surface area contributed by atoms with Gasteiger partial charge >= 0.3 is 11.9 Å². The molecule has 0 radical (unpaired) electrons. The van der Waals surface area contributed by atoms with Gasteiger partial charge in [-0.1, -0.05) is 116 Å². The van der Waals surface area contributed by atoms with Crippen LogP contribution >= 0.6 is 136 Å². The average molecular weight is 1450 g/mol. The Bertz CT molecular complexity index is 1250. The Morgan fingerprint density at radius 3 is 0.929 bits per heavy atom. The van der Waals surface area contributed by atoms with Gasteiger partial charge in [0, 0.05) is 20.0 Å². The molecule has 0 heterocycles. The number of ether oxygens (including phenoxy) is 4. The molecule has 0 saturated heterocycles. The maximum atomic E-state index is 12.0. The maximum Gasteiger partial charge on any atom is 0.306 e. The fourth-order valence-electron chi connectivity index (χ4n) is 6.17. The van der Waals surface area contributed by atoms with Crippen LogP contribution in [0.1, 0.15) is 154 Å². The van der Waals surface area contributed by atoms with Crippen LogP contribution in [0.5, 0.6) is 11.5 Å². The van der Waals surface area contributed by atoms with E-state index in [4.69, 9.17) is 18.9 Å². The molecule has 0 aliphatic rings. The number of carbonyl (C=O) groups excluding carboxylic acids is 2. The summed E-state index contributed by atoms with van der Waals surface area (Å²) in [4.78, 5) is 24.0. The average Bonchev–Trinajstić information content (AvgIpc) is 3.14. The number of halogens is 6. The Kier molecular flexibility index (Phi) is 33.9. The van der Waals surface area contributed by atoms with E-state index in [1.165, 1.54) is 124 Å². The number of hydrogen-bond donors (Lipinski definition) is 0. The maximum absolute atomic E-state index is 12.0. The van der Waals surface area contributed by atoms with E-state index in [1.54, 1.807) is 12.2 Å². The van der Waals surface area contributed by atoms with Gasteiger partial charge in [0.15, 0.2) is 0 Å². The quantitative estimate of drug-likeness (QED) is 0.0301. The van der Waals surface area contributed by atoms with Gasteiger partial charge in [0.1, 0.15) is 24.7 Å². The van der Waals surface area contributed by atoms with E-state index in [0.717, 1.165) is 63.2 Å². The summed E-state index contributed by atoms with van der Waals surface area (Å²) in [5.74, 6) is 1.76. The fraction of sp³-hybridized carbons (Fsp3) is 0.636. The summed E-state index contributed by atoms with van der Waals surface area (Å²) in [7, 11) is 0. The van der Waals surface area contributed by atoms with Crippen LogP contribution < -0.4 is 9.47 Å². The van der Waals surface area contributed by atoms with Crippen molar-refractivity contribution < 1.29 is 28.5 Å². The third-order valence-corrected chi connectivity index (χ3v) is 13.8. The van der Waals surface area contributed by atoms with Gasteiger partial charge < -0.3 is 18.9 Å². The second-order valence-electron chi connectivity index (χ2n) is 14.2. The van der Waals surface area contributed by atoms with Crippen LogP contribution in [-0.2, 0) is 19.1 Å². The lowest BCUT2D eigenvalue weighted by molar-refractivity contribution is -0.143. The van der Waals surface area contributed by atoms with Crippen molar-refractivity contribution in [2.45, 2.75) is 154 Å². The van der Waals surface area contributed by atoms with Crippen molar-refractivity contribution in [1.29, 1.82) is 0 Å². The minimum absolute atomic E-state index is 0.153. The van der Waals surface area contributed by atoms with E-state index in [0.29, 0.717) is 12.8 Å². The lowest BCUT2D eigenvalue weighted by atomic mass is 10.1.